The summed E-state index contributed by atoms with van der Waals surface area (Å²) < 4.78 is 18.4. The predicted molar refractivity (Wildman–Crippen MR) is 86.8 cm³/mol. The molecule has 2 heterocycles. The molecular weight excluding hydrogens is 311 g/mol. The standard InChI is InChI=1S/C17H21FN4O2/c1-11(17-21-20-12(2)24-17)22-9-7-13(8-10-22)16(23)19-15-5-3-14(18)4-6-15/h3-6,11,13H,7-10H2,1-2H3,(H,19,23)/t11-/m0/s1. The second kappa shape index (κ2) is 7.09. The van der Waals surface area contributed by atoms with Gasteiger partial charge in [0.1, 0.15) is 5.82 Å². The lowest BCUT2D eigenvalue weighted by molar-refractivity contribution is -0.121. The molecule has 0 saturated carbocycles. The van der Waals surface area contributed by atoms with Gasteiger partial charge in [-0.2, -0.15) is 0 Å². The normalized spacial score (nSPS) is 17.6. The number of likely N-dealkylation sites (tertiary alicyclic amines) is 1. The molecule has 2 aromatic rings. The first-order valence-electron chi connectivity index (χ1n) is 8.13. The summed E-state index contributed by atoms with van der Waals surface area (Å²) in [5.74, 6) is 0.809. The molecule has 0 radical (unpaired) electrons. The number of anilines is 1. The predicted octanol–water partition coefficient (Wildman–Crippen LogP) is 2.93. The van der Waals surface area contributed by atoms with Gasteiger partial charge in [-0.05, 0) is 57.1 Å². The summed E-state index contributed by atoms with van der Waals surface area (Å²) in [4.78, 5) is 14.6. The van der Waals surface area contributed by atoms with Crippen molar-refractivity contribution in [3.63, 3.8) is 0 Å². The van der Waals surface area contributed by atoms with Gasteiger partial charge in [0.2, 0.25) is 17.7 Å². The highest BCUT2D eigenvalue weighted by molar-refractivity contribution is 5.92. The zero-order valence-corrected chi connectivity index (χ0v) is 13.8. The molecule has 1 N–H and O–H groups in total. The molecule has 24 heavy (non-hydrogen) atoms. The van der Waals surface area contributed by atoms with Gasteiger partial charge in [-0.3, -0.25) is 9.69 Å². The largest absolute Gasteiger partial charge is 0.424 e. The van der Waals surface area contributed by atoms with Crippen LogP contribution in [0.25, 0.3) is 0 Å². The second-order valence-corrected chi connectivity index (χ2v) is 6.14. The number of aryl methyl sites for hydroxylation is 1. The van der Waals surface area contributed by atoms with E-state index < -0.39 is 0 Å². The van der Waals surface area contributed by atoms with E-state index in [1.807, 2.05) is 6.92 Å². The van der Waals surface area contributed by atoms with Crippen LogP contribution in [0.2, 0.25) is 0 Å². The number of amides is 1. The Kier molecular flexibility index (Phi) is 4.89. The van der Waals surface area contributed by atoms with Crippen molar-refractivity contribution < 1.29 is 13.6 Å². The number of nitrogens with zero attached hydrogens (tertiary/aromatic N) is 3. The van der Waals surface area contributed by atoms with E-state index in [1.54, 1.807) is 19.1 Å². The van der Waals surface area contributed by atoms with E-state index in [1.165, 1.54) is 12.1 Å². The molecule has 6 nitrogen and oxygen atoms in total. The Morgan fingerprint density at radius 3 is 2.54 bits per heavy atom. The van der Waals surface area contributed by atoms with E-state index in [4.69, 9.17) is 4.42 Å². The number of benzene rings is 1. The van der Waals surface area contributed by atoms with Crippen LogP contribution in [-0.4, -0.2) is 34.1 Å². The van der Waals surface area contributed by atoms with Crippen molar-refractivity contribution in [3.8, 4) is 0 Å². The van der Waals surface area contributed by atoms with Crippen molar-refractivity contribution in [2.75, 3.05) is 18.4 Å². The van der Waals surface area contributed by atoms with E-state index in [9.17, 15) is 9.18 Å². The molecule has 1 aliphatic heterocycles. The zero-order chi connectivity index (χ0) is 17.1. The first-order valence-corrected chi connectivity index (χ1v) is 8.13. The number of carbonyl (C=O) groups excluding carboxylic acids is 1. The van der Waals surface area contributed by atoms with E-state index >= 15 is 0 Å². The molecular formula is C17H21FN4O2. The molecule has 1 aliphatic rings. The van der Waals surface area contributed by atoms with Crippen LogP contribution >= 0.6 is 0 Å². The third kappa shape index (κ3) is 3.79. The molecule has 7 heteroatoms. The van der Waals surface area contributed by atoms with Crippen molar-refractivity contribution in [1.82, 2.24) is 15.1 Å². The lowest BCUT2D eigenvalue weighted by Gasteiger charge is -2.33. The lowest BCUT2D eigenvalue weighted by atomic mass is 9.95. The SMILES string of the molecule is Cc1nnc([C@H](C)N2CCC(C(=O)Nc3ccc(F)cc3)CC2)o1. The Hall–Kier alpha value is -2.28. The first-order chi connectivity index (χ1) is 11.5. The second-order valence-electron chi connectivity index (χ2n) is 6.14. The van der Waals surface area contributed by atoms with Crippen LogP contribution in [0.5, 0.6) is 0 Å². The molecule has 1 saturated heterocycles. The van der Waals surface area contributed by atoms with Gasteiger partial charge in [0.25, 0.3) is 0 Å². The Morgan fingerprint density at radius 1 is 1.29 bits per heavy atom. The fraction of sp³-hybridized carbons (Fsp3) is 0.471. The number of carbonyl (C=O) groups is 1. The minimum absolute atomic E-state index is 0.0115. The number of hydrogen-bond acceptors (Lipinski definition) is 5. The van der Waals surface area contributed by atoms with Crippen molar-refractivity contribution >= 4 is 11.6 Å². The van der Waals surface area contributed by atoms with Gasteiger partial charge in [-0.25, -0.2) is 4.39 Å². The van der Waals surface area contributed by atoms with Gasteiger partial charge in [-0.1, -0.05) is 0 Å². The highest BCUT2D eigenvalue weighted by Gasteiger charge is 2.29. The van der Waals surface area contributed by atoms with Crippen molar-refractivity contribution in [3.05, 3.63) is 41.9 Å². The van der Waals surface area contributed by atoms with Crippen LogP contribution in [-0.2, 0) is 4.79 Å². The number of hydrogen-bond donors (Lipinski definition) is 1. The smallest absolute Gasteiger partial charge is 0.233 e. The third-order valence-corrected chi connectivity index (χ3v) is 4.46. The molecule has 0 spiro atoms. The lowest BCUT2D eigenvalue weighted by Crippen LogP contribution is -2.39. The molecule has 1 atom stereocenters. The molecule has 0 bridgehead atoms. The average molecular weight is 332 g/mol. The summed E-state index contributed by atoms with van der Waals surface area (Å²) >= 11 is 0. The Balaban J connectivity index is 1.52. The number of aromatic nitrogens is 2. The van der Waals surface area contributed by atoms with E-state index in [2.05, 4.69) is 20.4 Å². The summed E-state index contributed by atoms with van der Waals surface area (Å²) in [6, 6.07) is 5.87. The maximum absolute atomic E-state index is 12.9. The summed E-state index contributed by atoms with van der Waals surface area (Å²) in [6.45, 7) is 5.40. The van der Waals surface area contributed by atoms with Crippen molar-refractivity contribution in [2.24, 2.45) is 5.92 Å². The minimum atomic E-state index is -0.313. The van der Waals surface area contributed by atoms with Crippen LogP contribution < -0.4 is 5.32 Å². The van der Waals surface area contributed by atoms with Crippen LogP contribution in [0.15, 0.2) is 28.7 Å². The summed E-state index contributed by atoms with van der Waals surface area (Å²) in [6.07, 6.45) is 1.54. The number of halogens is 1. The first kappa shape index (κ1) is 16.6. The summed E-state index contributed by atoms with van der Waals surface area (Å²) in [7, 11) is 0. The monoisotopic (exact) mass is 332 g/mol. The van der Waals surface area contributed by atoms with Crippen LogP contribution in [0.4, 0.5) is 10.1 Å². The van der Waals surface area contributed by atoms with Crippen LogP contribution in [0.1, 0.15) is 37.6 Å². The topological polar surface area (TPSA) is 71.3 Å². The van der Waals surface area contributed by atoms with Gasteiger partial charge >= 0.3 is 0 Å². The van der Waals surface area contributed by atoms with Gasteiger partial charge in [-0.15, -0.1) is 10.2 Å². The van der Waals surface area contributed by atoms with E-state index in [0.29, 0.717) is 17.5 Å². The van der Waals surface area contributed by atoms with Gasteiger partial charge in [0.05, 0.1) is 6.04 Å². The molecule has 3 rings (SSSR count). The Morgan fingerprint density at radius 2 is 1.96 bits per heavy atom. The highest BCUT2D eigenvalue weighted by atomic mass is 19.1. The molecule has 1 aromatic heterocycles. The van der Waals surface area contributed by atoms with Crippen molar-refractivity contribution in [1.29, 1.82) is 0 Å². The fourth-order valence-electron chi connectivity index (χ4n) is 2.96. The maximum atomic E-state index is 12.9. The number of rotatable bonds is 4. The summed E-state index contributed by atoms with van der Waals surface area (Å²) in [5.41, 5.74) is 0.624. The third-order valence-electron chi connectivity index (χ3n) is 4.46. The quantitative estimate of drug-likeness (QED) is 0.932. The minimum Gasteiger partial charge on any atom is -0.424 e. The van der Waals surface area contributed by atoms with Crippen LogP contribution in [0, 0.1) is 18.7 Å². The summed E-state index contributed by atoms with van der Waals surface area (Å²) in [5, 5.41) is 10.8. The van der Waals surface area contributed by atoms with Gasteiger partial charge < -0.3 is 9.73 Å². The molecule has 0 aliphatic carbocycles. The fourth-order valence-corrected chi connectivity index (χ4v) is 2.96. The Bertz CT molecular complexity index is 693. The van der Waals surface area contributed by atoms with Crippen LogP contribution in [0.3, 0.4) is 0 Å². The van der Waals surface area contributed by atoms with E-state index in [-0.39, 0.29) is 23.7 Å². The molecule has 1 fully saturated rings. The molecule has 128 valence electrons. The van der Waals surface area contributed by atoms with Gasteiger partial charge in [0.15, 0.2) is 0 Å². The van der Waals surface area contributed by atoms with Gasteiger partial charge in [0, 0.05) is 18.5 Å². The zero-order valence-electron chi connectivity index (χ0n) is 13.8. The Labute approximate surface area is 140 Å². The molecule has 1 amide bonds. The number of nitrogens with one attached hydrogen (secondary N) is 1. The van der Waals surface area contributed by atoms with Crippen molar-refractivity contribution in [2.45, 2.75) is 32.7 Å². The molecule has 1 aromatic carbocycles. The molecule has 0 unspecified atom stereocenters. The number of piperidine rings is 1. The maximum Gasteiger partial charge on any atom is 0.233 e. The average Bonchev–Trinajstić information content (AvgIpc) is 3.03. The van der Waals surface area contributed by atoms with E-state index in [0.717, 1.165) is 25.9 Å². The highest BCUT2D eigenvalue weighted by Crippen LogP contribution is 2.26.